The SMILES string of the molecule is CN1C[C@H]2COC[C@@H]1CN(C(=O)CCNC(=O)c1ccccc1F)C2.O=CO. The molecule has 2 heterocycles. The van der Waals surface area contributed by atoms with Crippen LogP contribution < -0.4 is 5.32 Å². The van der Waals surface area contributed by atoms with E-state index in [0.29, 0.717) is 32.2 Å². The highest BCUT2D eigenvalue weighted by Crippen LogP contribution is 2.18. The molecule has 0 aromatic heterocycles. The molecule has 154 valence electrons. The van der Waals surface area contributed by atoms with Crippen LogP contribution in [0, 0.1) is 11.7 Å². The number of amides is 2. The van der Waals surface area contributed by atoms with Crippen LogP contribution in [0.4, 0.5) is 4.39 Å². The number of benzene rings is 1. The molecule has 2 saturated heterocycles. The van der Waals surface area contributed by atoms with E-state index in [1.807, 2.05) is 4.90 Å². The smallest absolute Gasteiger partial charge is 0.290 e. The number of carbonyl (C=O) groups is 3. The monoisotopic (exact) mass is 395 g/mol. The van der Waals surface area contributed by atoms with Crippen molar-refractivity contribution in [2.24, 2.45) is 5.92 Å². The molecule has 0 unspecified atom stereocenters. The van der Waals surface area contributed by atoms with Crippen LogP contribution in [0.5, 0.6) is 0 Å². The Morgan fingerprint density at radius 3 is 2.71 bits per heavy atom. The zero-order chi connectivity index (χ0) is 20.5. The maximum atomic E-state index is 13.6. The summed E-state index contributed by atoms with van der Waals surface area (Å²) in [5.74, 6) is -0.725. The number of halogens is 1. The van der Waals surface area contributed by atoms with Gasteiger partial charge in [0, 0.05) is 38.5 Å². The summed E-state index contributed by atoms with van der Waals surface area (Å²) in [7, 11) is 2.06. The number of hydrogen-bond acceptors (Lipinski definition) is 5. The molecular weight excluding hydrogens is 369 g/mol. The Balaban J connectivity index is 0.000000878. The van der Waals surface area contributed by atoms with Crippen molar-refractivity contribution in [2.75, 3.05) is 46.4 Å². The van der Waals surface area contributed by atoms with Crippen LogP contribution in [0.25, 0.3) is 0 Å². The second-order valence-corrected chi connectivity index (χ2v) is 6.89. The molecule has 2 amide bonds. The van der Waals surface area contributed by atoms with Crippen molar-refractivity contribution >= 4 is 18.3 Å². The zero-order valence-electron chi connectivity index (χ0n) is 15.8. The van der Waals surface area contributed by atoms with E-state index in [1.54, 1.807) is 6.07 Å². The van der Waals surface area contributed by atoms with E-state index >= 15 is 0 Å². The maximum Gasteiger partial charge on any atom is 0.290 e. The van der Waals surface area contributed by atoms with Gasteiger partial charge in [-0.2, -0.15) is 0 Å². The van der Waals surface area contributed by atoms with Gasteiger partial charge in [-0.1, -0.05) is 12.1 Å². The molecule has 2 aliphatic heterocycles. The van der Waals surface area contributed by atoms with E-state index in [1.165, 1.54) is 18.2 Å². The number of rotatable bonds is 4. The average molecular weight is 395 g/mol. The predicted octanol–water partition coefficient (Wildman–Crippen LogP) is 0.435. The molecule has 1 aromatic rings. The minimum absolute atomic E-state index is 0.00183. The van der Waals surface area contributed by atoms with Crippen LogP contribution in [0.15, 0.2) is 24.3 Å². The number of fused-ring (bicyclic) bond motifs is 3. The largest absolute Gasteiger partial charge is 0.483 e. The number of nitrogens with zero attached hydrogens (tertiary/aromatic N) is 2. The predicted molar refractivity (Wildman–Crippen MR) is 99.4 cm³/mol. The first-order valence-corrected chi connectivity index (χ1v) is 9.12. The van der Waals surface area contributed by atoms with Crippen molar-refractivity contribution in [3.8, 4) is 0 Å². The van der Waals surface area contributed by atoms with E-state index < -0.39 is 11.7 Å². The summed E-state index contributed by atoms with van der Waals surface area (Å²) in [5.41, 5.74) is -0.00183. The highest BCUT2D eigenvalue weighted by molar-refractivity contribution is 5.94. The lowest BCUT2D eigenvalue weighted by molar-refractivity contribution is -0.133. The number of likely N-dealkylation sites (N-methyl/N-ethyl adjacent to an activating group) is 1. The molecule has 2 N–H and O–H groups in total. The van der Waals surface area contributed by atoms with E-state index in [4.69, 9.17) is 14.6 Å². The first kappa shape index (κ1) is 21.8. The number of ether oxygens (including phenoxy) is 1. The van der Waals surface area contributed by atoms with Gasteiger partial charge >= 0.3 is 0 Å². The molecule has 28 heavy (non-hydrogen) atoms. The minimum Gasteiger partial charge on any atom is -0.483 e. The molecule has 0 radical (unpaired) electrons. The fourth-order valence-corrected chi connectivity index (χ4v) is 3.44. The van der Waals surface area contributed by atoms with E-state index in [0.717, 1.165) is 6.54 Å². The van der Waals surface area contributed by atoms with Crippen LogP contribution in [0.3, 0.4) is 0 Å². The van der Waals surface area contributed by atoms with E-state index in [-0.39, 0.29) is 37.0 Å². The Kier molecular flexibility index (Phi) is 8.34. The van der Waals surface area contributed by atoms with Crippen LogP contribution in [-0.4, -0.2) is 85.7 Å². The Morgan fingerprint density at radius 2 is 2.00 bits per heavy atom. The van der Waals surface area contributed by atoms with Crippen molar-refractivity contribution in [3.05, 3.63) is 35.6 Å². The highest BCUT2D eigenvalue weighted by Gasteiger charge is 2.33. The van der Waals surface area contributed by atoms with Crippen molar-refractivity contribution in [2.45, 2.75) is 12.5 Å². The van der Waals surface area contributed by atoms with Gasteiger partial charge in [0.2, 0.25) is 5.91 Å². The van der Waals surface area contributed by atoms with E-state index in [9.17, 15) is 14.0 Å². The first-order chi connectivity index (χ1) is 13.5. The molecule has 2 fully saturated rings. The Morgan fingerprint density at radius 1 is 1.29 bits per heavy atom. The van der Waals surface area contributed by atoms with Gasteiger partial charge in [-0.05, 0) is 19.2 Å². The topological polar surface area (TPSA) is 99.2 Å². The summed E-state index contributed by atoms with van der Waals surface area (Å²) in [6, 6.07) is 6.03. The third-order valence-electron chi connectivity index (χ3n) is 4.84. The summed E-state index contributed by atoms with van der Waals surface area (Å²) in [6.45, 7) is 3.52. The maximum absolute atomic E-state index is 13.6. The van der Waals surface area contributed by atoms with Crippen LogP contribution in [0.1, 0.15) is 16.8 Å². The fraction of sp³-hybridized carbons (Fsp3) is 0.526. The number of carboxylic acid groups (broad SMARTS) is 1. The van der Waals surface area contributed by atoms with Gasteiger partial charge in [0.05, 0.1) is 24.8 Å². The van der Waals surface area contributed by atoms with Crippen molar-refractivity contribution < 1.29 is 28.6 Å². The summed E-state index contributed by atoms with van der Waals surface area (Å²) >= 11 is 0. The summed E-state index contributed by atoms with van der Waals surface area (Å²) in [6.07, 6.45) is 0.213. The molecule has 2 atom stereocenters. The Labute approximate surface area is 163 Å². The number of nitrogens with one attached hydrogen (secondary N) is 1. The third-order valence-corrected chi connectivity index (χ3v) is 4.84. The molecule has 0 aliphatic carbocycles. The van der Waals surface area contributed by atoms with Gasteiger partial charge in [0.25, 0.3) is 12.4 Å². The molecular formula is C19H26FN3O5. The second-order valence-electron chi connectivity index (χ2n) is 6.89. The average Bonchev–Trinajstić information content (AvgIpc) is 2.91. The number of hydrogen-bond donors (Lipinski definition) is 2. The van der Waals surface area contributed by atoms with Gasteiger partial charge in [0.1, 0.15) is 5.82 Å². The zero-order valence-corrected chi connectivity index (χ0v) is 15.8. The van der Waals surface area contributed by atoms with Gasteiger partial charge in [0.15, 0.2) is 0 Å². The summed E-state index contributed by atoms with van der Waals surface area (Å²) in [5, 5.41) is 9.51. The molecule has 0 saturated carbocycles. The Bertz CT molecular complexity index is 687. The number of carbonyl (C=O) groups excluding carboxylic acids is 2. The van der Waals surface area contributed by atoms with E-state index in [2.05, 4.69) is 17.3 Å². The normalized spacial score (nSPS) is 21.7. The first-order valence-electron chi connectivity index (χ1n) is 9.12. The third kappa shape index (κ3) is 6.00. The highest BCUT2D eigenvalue weighted by atomic mass is 19.1. The molecule has 2 bridgehead atoms. The van der Waals surface area contributed by atoms with Crippen LogP contribution in [0.2, 0.25) is 0 Å². The molecule has 9 heteroatoms. The molecule has 8 nitrogen and oxygen atoms in total. The van der Waals surface area contributed by atoms with Gasteiger partial charge in [-0.25, -0.2) is 4.39 Å². The molecule has 2 aliphatic rings. The molecule has 3 rings (SSSR count). The lowest BCUT2D eigenvalue weighted by atomic mass is 10.1. The van der Waals surface area contributed by atoms with Crippen molar-refractivity contribution in [3.63, 3.8) is 0 Å². The van der Waals surface area contributed by atoms with Gasteiger partial charge in [-0.3, -0.25) is 19.3 Å². The van der Waals surface area contributed by atoms with Crippen LogP contribution >= 0.6 is 0 Å². The lowest BCUT2D eigenvalue weighted by Crippen LogP contribution is -2.45. The summed E-state index contributed by atoms with van der Waals surface area (Å²) in [4.78, 5) is 37.0. The fourth-order valence-electron chi connectivity index (χ4n) is 3.44. The van der Waals surface area contributed by atoms with Crippen LogP contribution in [-0.2, 0) is 14.3 Å². The molecule has 1 aromatic carbocycles. The molecule has 0 spiro atoms. The van der Waals surface area contributed by atoms with Gasteiger partial charge < -0.3 is 20.1 Å². The standard InChI is InChI=1S/C18H24FN3O3.CH2O2/c1-21-8-13-9-22(10-14(21)12-25-11-13)17(23)6-7-20-18(24)15-4-2-3-5-16(15)19;2-1-3/h2-5,13-14H,6-12H2,1H3,(H,20,24);1H,(H,2,3)/t13-,14+;/m1./s1. The van der Waals surface area contributed by atoms with Crippen molar-refractivity contribution in [1.29, 1.82) is 0 Å². The van der Waals surface area contributed by atoms with Gasteiger partial charge in [-0.15, -0.1) is 0 Å². The lowest BCUT2D eigenvalue weighted by Gasteiger charge is -2.29. The summed E-state index contributed by atoms with van der Waals surface area (Å²) < 4.78 is 19.2. The quantitative estimate of drug-likeness (QED) is 0.718. The minimum atomic E-state index is -0.560. The Hall–Kier alpha value is -2.52. The van der Waals surface area contributed by atoms with Crippen molar-refractivity contribution in [1.82, 2.24) is 15.1 Å². The second kappa shape index (κ2) is 10.7.